The maximum atomic E-state index is 11.5. The van der Waals surface area contributed by atoms with Crippen molar-refractivity contribution in [2.24, 2.45) is 5.41 Å². The maximum absolute atomic E-state index is 11.5. The Morgan fingerprint density at radius 1 is 1.47 bits per heavy atom. The van der Waals surface area contributed by atoms with Gasteiger partial charge in [-0.25, -0.2) is 13.5 Å². The number of hydrogen-bond donors (Lipinski definition) is 2. The summed E-state index contributed by atoms with van der Waals surface area (Å²) in [6.45, 7) is 5.99. The Bertz CT molecular complexity index is 391. The predicted octanol–water partition coefficient (Wildman–Crippen LogP) is 0.983. The van der Waals surface area contributed by atoms with Crippen molar-refractivity contribution in [1.29, 1.82) is 0 Å². The van der Waals surface area contributed by atoms with Crippen molar-refractivity contribution in [3.8, 4) is 0 Å². The van der Waals surface area contributed by atoms with E-state index in [1.165, 1.54) is 6.33 Å². The van der Waals surface area contributed by atoms with Crippen molar-refractivity contribution in [1.82, 2.24) is 15.2 Å². The Kier molecular flexibility index (Phi) is 3.33. The van der Waals surface area contributed by atoms with E-state index < -0.39 is 10.0 Å². The summed E-state index contributed by atoms with van der Waals surface area (Å²) in [5.41, 5.74) is -0.00381. The van der Waals surface area contributed by atoms with E-state index in [0.717, 1.165) is 0 Å². The molecule has 1 rings (SSSR count). The Morgan fingerprint density at radius 3 is 2.60 bits per heavy atom. The molecule has 2 N–H and O–H groups in total. The predicted molar refractivity (Wildman–Crippen MR) is 57.9 cm³/mol. The van der Waals surface area contributed by atoms with Gasteiger partial charge < -0.3 is 0 Å². The molecule has 0 fully saturated rings. The number of nitrogens with one attached hydrogen (secondary N) is 2. The molecule has 0 amide bonds. The molecule has 0 aliphatic heterocycles. The molecule has 1 aromatic heterocycles. The molecule has 0 saturated heterocycles. The Morgan fingerprint density at radius 2 is 2.13 bits per heavy atom. The lowest BCUT2D eigenvalue weighted by Crippen LogP contribution is -2.21. The van der Waals surface area contributed by atoms with Crippen LogP contribution in [0.5, 0.6) is 0 Å². The van der Waals surface area contributed by atoms with Gasteiger partial charge in [-0.2, -0.15) is 10.1 Å². The highest BCUT2D eigenvalue weighted by Gasteiger charge is 2.17. The highest BCUT2D eigenvalue weighted by molar-refractivity contribution is 7.92. The van der Waals surface area contributed by atoms with Gasteiger partial charge in [0.1, 0.15) is 6.33 Å². The third-order valence-electron chi connectivity index (χ3n) is 1.79. The van der Waals surface area contributed by atoms with Crippen LogP contribution in [0.4, 0.5) is 5.95 Å². The van der Waals surface area contributed by atoms with Gasteiger partial charge in [0.2, 0.25) is 16.0 Å². The zero-order valence-electron chi connectivity index (χ0n) is 9.11. The molecule has 0 saturated carbocycles. The van der Waals surface area contributed by atoms with Crippen molar-refractivity contribution < 1.29 is 8.42 Å². The fourth-order valence-corrected chi connectivity index (χ4v) is 2.27. The number of aromatic nitrogens is 3. The van der Waals surface area contributed by atoms with Gasteiger partial charge in [0.05, 0.1) is 5.75 Å². The van der Waals surface area contributed by atoms with Crippen LogP contribution in [0.2, 0.25) is 0 Å². The van der Waals surface area contributed by atoms with E-state index >= 15 is 0 Å². The maximum Gasteiger partial charge on any atom is 0.235 e. The van der Waals surface area contributed by atoms with Gasteiger partial charge in [0, 0.05) is 0 Å². The average Bonchev–Trinajstić information content (AvgIpc) is 2.52. The second kappa shape index (κ2) is 4.18. The second-order valence-electron chi connectivity index (χ2n) is 4.57. The lowest BCUT2D eigenvalue weighted by molar-refractivity contribution is 0.397. The molecule has 15 heavy (non-hydrogen) atoms. The highest BCUT2D eigenvalue weighted by Crippen LogP contribution is 2.19. The second-order valence-corrected chi connectivity index (χ2v) is 6.41. The number of rotatable bonds is 4. The van der Waals surface area contributed by atoms with E-state index in [0.29, 0.717) is 6.42 Å². The summed E-state index contributed by atoms with van der Waals surface area (Å²) in [6.07, 6.45) is 1.85. The van der Waals surface area contributed by atoms with Crippen LogP contribution in [0.3, 0.4) is 0 Å². The third kappa shape index (κ3) is 4.78. The number of hydrogen-bond acceptors (Lipinski definition) is 4. The molecule has 0 unspecified atom stereocenters. The lowest BCUT2D eigenvalue weighted by atomic mass is 9.94. The van der Waals surface area contributed by atoms with Crippen LogP contribution < -0.4 is 4.72 Å². The molecule has 86 valence electrons. The first-order chi connectivity index (χ1) is 6.79. The minimum Gasteiger partial charge on any atom is -0.252 e. The standard InChI is InChI=1S/C8H16N4O2S/c1-8(2,3)4-5-15(13,14)12-7-9-6-10-11-7/h6H,4-5H2,1-3H3,(H2,9,10,11,12). The number of sulfonamides is 1. The van der Waals surface area contributed by atoms with Crippen molar-refractivity contribution in [3.05, 3.63) is 6.33 Å². The third-order valence-corrected chi connectivity index (χ3v) is 3.03. The van der Waals surface area contributed by atoms with Crippen LogP contribution in [0.15, 0.2) is 6.33 Å². The average molecular weight is 232 g/mol. The van der Waals surface area contributed by atoms with E-state index in [-0.39, 0.29) is 17.1 Å². The summed E-state index contributed by atoms with van der Waals surface area (Å²) in [6, 6.07) is 0. The normalized spacial score (nSPS) is 12.7. The first-order valence-electron chi connectivity index (χ1n) is 4.64. The molecule has 0 radical (unpaired) electrons. The minimum absolute atomic E-state index is 0.00381. The van der Waals surface area contributed by atoms with Crippen molar-refractivity contribution in [2.45, 2.75) is 27.2 Å². The number of aromatic amines is 1. The molecular weight excluding hydrogens is 216 g/mol. The largest absolute Gasteiger partial charge is 0.252 e. The summed E-state index contributed by atoms with van der Waals surface area (Å²) in [4.78, 5) is 3.69. The van der Waals surface area contributed by atoms with Crippen LogP contribution in [-0.4, -0.2) is 29.4 Å². The van der Waals surface area contributed by atoms with E-state index in [2.05, 4.69) is 19.9 Å². The van der Waals surface area contributed by atoms with E-state index in [9.17, 15) is 8.42 Å². The van der Waals surface area contributed by atoms with E-state index in [1.54, 1.807) is 0 Å². The Labute approximate surface area is 89.5 Å². The summed E-state index contributed by atoms with van der Waals surface area (Å²) in [5.74, 6) is 0.237. The molecule has 1 heterocycles. The Balaban J connectivity index is 2.54. The molecule has 0 atom stereocenters. The summed E-state index contributed by atoms with van der Waals surface area (Å²) in [7, 11) is -3.32. The summed E-state index contributed by atoms with van der Waals surface area (Å²) >= 11 is 0. The van der Waals surface area contributed by atoms with Crippen LogP contribution in [0.25, 0.3) is 0 Å². The molecule has 0 bridgehead atoms. The number of H-pyrrole nitrogens is 1. The zero-order valence-corrected chi connectivity index (χ0v) is 9.93. The monoisotopic (exact) mass is 232 g/mol. The molecule has 0 aliphatic rings. The molecule has 0 spiro atoms. The van der Waals surface area contributed by atoms with Gasteiger partial charge >= 0.3 is 0 Å². The molecule has 0 aromatic carbocycles. The number of nitrogens with zero attached hydrogens (tertiary/aromatic N) is 2. The van der Waals surface area contributed by atoms with Gasteiger partial charge in [-0.3, -0.25) is 4.72 Å². The fourth-order valence-electron chi connectivity index (χ4n) is 0.894. The molecule has 0 aliphatic carbocycles. The van der Waals surface area contributed by atoms with Crippen LogP contribution >= 0.6 is 0 Å². The fraction of sp³-hybridized carbons (Fsp3) is 0.750. The smallest absolute Gasteiger partial charge is 0.235 e. The zero-order chi connectivity index (χ0) is 11.5. The lowest BCUT2D eigenvalue weighted by Gasteiger charge is -2.17. The van der Waals surface area contributed by atoms with Gasteiger partial charge in [0.25, 0.3) is 0 Å². The van der Waals surface area contributed by atoms with Crippen LogP contribution in [-0.2, 0) is 10.0 Å². The van der Waals surface area contributed by atoms with Gasteiger partial charge in [-0.05, 0) is 11.8 Å². The highest BCUT2D eigenvalue weighted by atomic mass is 32.2. The first-order valence-corrected chi connectivity index (χ1v) is 6.30. The Hall–Kier alpha value is -1.11. The molecule has 6 nitrogen and oxygen atoms in total. The minimum atomic E-state index is -3.32. The quantitative estimate of drug-likeness (QED) is 0.810. The van der Waals surface area contributed by atoms with E-state index in [4.69, 9.17) is 0 Å². The molecule has 1 aromatic rings. The number of anilines is 1. The SMILES string of the molecule is CC(C)(C)CCS(=O)(=O)Nc1ncn[nH]1. The van der Waals surface area contributed by atoms with Crippen molar-refractivity contribution in [2.75, 3.05) is 10.5 Å². The van der Waals surface area contributed by atoms with Gasteiger partial charge in [0.15, 0.2) is 0 Å². The summed E-state index contributed by atoms with van der Waals surface area (Å²) < 4.78 is 25.4. The first kappa shape index (κ1) is 12.0. The van der Waals surface area contributed by atoms with Crippen molar-refractivity contribution in [3.63, 3.8) is 0 Å². The molecular formula is C8H16N4O2S. The van der Waals surface area contributed by atoms with Crippen LogP contribution in [0, 0.1) is 5.41 Å². The van der Waals surface area contributed by atoms with Crippen molar-refractivity contribution >= 4 is 16.0 Å². The molecule has 7 heteroatoms. The van der Waals surface area contributed by atoms with Gasteiger partial charge in [-0.15, -0.1) is 0 Å². The topological polar surface area (TPSA) is 87.7 Å². The summed E-state index contributed by atoms with van der Waals surface area (Å²) in [5, 5.41) is 5.99. The van der Waals surface area contributed by atoms with Gasteiger partial charge in [-0.1, -0.05) is 20.8 Å². The van der Waals surface area contributed by atoms with Crippen LogP contribution in [0.1, 0.15) is 27.2 Å². The van der Waals surface area contributed by atoms with E-state index in [1.807, 2.05) is 20.8 Å².